The Morgan fingerprint density at radius 2 is 1.54 bits per heavy atom. The minimum absolute atomic E-state index is 0.116. The molecule has 0 bridgehead atoms. The number of hydrogen-bond acceptors (Lipinski definition) is 5. The van der Waals surface area contributed by atoms with Crippen LogP contribution in [0.4, 0.5) is 0 Å². The molecule has 2 rings (SSSR count). The Morgan fingerprint density at radius 1 is 1.00 bits per heavy atom. The van der Waals surface area contributed by atoms with Crippen molar-refractivity contribution >= 4 is 5.91 Å². The fourth-order valence-electron chi connectivity index (χ4n) is 3.68. The van der Waals surface area contributed by atoms with E-state index >= 15 is 0 Å². The smallest absolute Gasteiger partial charge is 0.251 e. The van der Waals surface area contributed by atoms with Crippen LogP contribution in [0.3, 0.4) is 0 Å². The fourth-order valence-corrected chi connectivity index (χ4v) is 3.68. The van der Waals surface area contributed by atoms with Crippen molar-refractivity contribution in [3.63, 3.8) is 0 Å². The Hall–Kier alpha value is -1.95. The van der Waals surface area contributed by atoms with Crippen LogP contribution < -0.4 is 19.5 Å². The van der Waals surface area contributed by atoms with E-state index in [-0.39, 0.29) is 5.91 Å². The normalized spacial score (nSPS) is 15.5. The quantitative estimate of drug-likeness (QED) is 0.622. The van der Waals surface area contributed by atoms with Gasteiger partial charge in [-0.25, -0.2) is 0 Å². The van der Waals surface area contributed by atoms with Gasteiger partial charge in [0.15, 0.2) is 11.5 Å². The topological polar surface area (TPSA) is 60.0 Å². The lowest BCUT2D eigenvalue weighted by Crippen LogP contribution is -2.45. The lowest BCUT2D eigenvalue weighted by Gasteiger charge is -2.31. The summed E-state index contributed by atoms with van der Waals surface area (Å²) in [6.07, 6.45) is 2.48. The second-order valence-electron chi connectivity index (χ2n) is 7.37. The molecule has 158 valence electrons. The van der Waals surface area contributed by atoms with Crippen molar-refractivity contribution in [2.45, 2.75) is 53.5 Å². The third-order valence-corrected chi connectivity index (χ3v) is 5.02. The van der Waals surface area contributed by atoms with Gasteiger partial charge < -0.3 is 19.5 Å². The molecule has 0 aromatic heterocycles. The van der Waals surface area contributed by atoms with Gasteiger partial charge in [-0.3, -0.25) is 9.69 Å². The van der Waals surface area contributed by atoms with Gasteiger partial charge >= 0.3 is 0 Å². The third-order valence-electron chi connectivity index (χ3n) is 5.02. The van der Waals surface area contributed by atoms with Crippen LogP contribution >= 0.6 is 0 Å². The van der Waals surface area contributed by atoms with E-state index in [4.69, 9.17) is 14.2 Å². The largest absolute Gasteiger partial charge is 0.490 e. The summed E-state index contributed by atoms with van der Waals surface area (Å²) in [7, 11) is 0. The molecule has 0 aliphatic carbocycles. The molecule has 1 aromatic rings. The highest BCUT2D eigenvalue weighted by molar-refractivity contribution is 5.95. The molecular formula is C22H36N2O4. The molecule has 0 spiro atoms. The van der Waals surface area contributed by atoms with Crippen LogP contribution in [0.5, 0.6) is 17.2 Å². The van der Waals surface area contributed by atoms with Gasteiger partial charge in [0.25, 0.3) is 5.91 Å². The van der Waals surface area contributed by atoms with Gasteiger partial charge in [-0.2, -0.15) is 0 Å². The SMILES string of the molecule is CCOc1cc(C(=O)NCC(C(C)C)N2CCCC2)cc(OCC)c1OCC. The van der Waals surface area contributed by atoms with Gasteiger partial charge in [-0.15, -0.1) is 0 Å². The zero-order valence-corrected chi connectivity index (χ0v) is 18.0. The van der Waals surface area contributed by atoms with Gasteiger partial charge in [0.2, 0.25) is 5.75 Å². The van der Waals surface area contributed by atoms with E-state index in [0.717, 1.165) is 13.1 Å². The zero-order chi connectivity index (χ0) is 20.5. The highest BCUT2D eigenvalue weighted by Crippen LogP contribution is 2.39. The number of carbonyl (C=O) groups is 1. The van der Waals surface area contributed by atoms with Gasteiger partial charge in [0.1, 0.15) is 0 Å². The van der Waals surface area contributed by atoms with Crippen molar-refractivity contribution in [3.05, 3.63) is 17.7 Å². The maximum atomic E-state index is 12.9. The Morgan fingerprint density at radius 3 is 2.00 bits per heavy atom. The maximum absolute atomic E-state index is 12.9. The molecule has 1 saturated heterocycles. The van der Waals surface area contributed by atoms with Crippen LogP contribution in [-0.4, -0.2) is 56.3 Å². The minimum atomic E-state index is -0.116. The van der Waals surface area contributed by atoms with Gasteiger partial charge in [0.05, 0.1) is 19.8 Å². The summed E-state index contributed by atoms with van der Waals surface area (Å²) >= 11 is 0. The lowest BCUT2D eigenvalue weighted by molar-refractivity contribution is 0.0926. The van der Waals surface area contributed by atoms with Gasteiger partial charge in [-0.1, -0.05) is 13.8 Å². The van der Waals surface area contributed by atoms with Gasteiger partial charge in [-0.05, 0) is 64.8 Å². The van der Waals surface area contributed by atoms with E-state index in [1.165, 1.54) is 12.8 Å². The number of likely N-dealkylation sites (tertiary alicyclic amines) is 1. The molecule has 1 aromatic carbocycles. The van der Waals surface area contributed by atoms with Crippen molar-refractivity contribution in [2.75, 3.05) is 39.5 Å². The summed E-state index contributed by atoms with van der Waals surface area (Å²) in [5.41, 5.74) is 0.527. The molecular weight excluding hydrogens is 356 g/mol. The molecule has 6 heteroatoms. The zero-order valence-electron chi connectivity index (χ0n) is 18.0. The fraction of sp³-hybridized carbons (Fsp3) is 0.682. The molecule has 1 fully saturated rings. The van der Waals surface area contributed by atoms with Crippen molar-refractivity contribution in [1.29, 1.82) is 0 Å². The van der Waals surface area contributed by atoms with Gasteiger partial charge in [0, 0.05) is 18.2 Å². The highest BCUT2D eigenvalue weighted by atomic mass is 16.5. The molecule has 1 heterocycles. The summed E-state index contributed by atoms with van der Waals surface area (Å²) in [5.74, 6) is 2.01. The van der Waals surface area contributed by atoms with Crippen molar-refractivity contribution < 1.29 is 19.0 Å². The summed E-state index contributed by atoms with van der Waals surface area (Å²) in [6, 6.07) is 3.84. The number of benzene rings is 1. The highest BCUT2D eigenvalue weighted by Gasteiger charge is 2.25. The molecule has 1 N–H and O–H groups in total. The number of amides is 1. The van der Waals surface area contributed by atoms with E-state index in [1.807, 2.05) is 20.8 Å². The Balaban J connectivity index is 2.18. The maximum Gasteiger partial charge on any atom is 0.251 e. The second kappa shape index (κ2) is 11.1. The van der Waals surface area contributed by atoms with E-state index in [0.29, 0.717) is 61.1 Å². The van der Waals surface area contributed by atoms with E-state index in [2.05, 4.69) is 24.1 Å². The van der Waals surface area contributed by atoms with E-state index in [1.54, 1.807) is 12.1 Å². The number of nitrogens with zero attached hydrogens (tertiary/aromatic N) is 1. The first-order valence-corrected chi connectivity index (χ1v) is 10.6. The van der Waals surface area contributed by atoms with Crippen LogP contribution in [0, 0.1) is 5.92 Å². The Kier molecular flexibility index (Phi) is 8.90. The summed E-state index contributed by atoms with van der Waals surface area (Å²) in [4.78, 5) is 15.4. The van der Waals surface area contributed by atoms with Crippen molar-refractivity contribution in [1.82, 2.24) is 10.2 Å². The first kappa shape index (κ1) is 22.3. The van der Waals surface area contributed by atoms with Crippen LogP contribution in [0.2, 0.25) is 0 Å². The number of rotatable bonds is 11. The average Bonchev–Trinajstić information content (AvgIpc) is 3.18. The molecule has 28 heavy (non-hydrogen) atoms. The number of carbonyl (C=O) groups excluding carboxylic acids is 1. The molecule has 1 amide bonds. The van der Waals surface area contributed by atoms with Crippen molar-refractivity contribution in [2.24, 2.45) is 5.92 Å². The second-order valence-corrected chi connectivity index (χ2v) is 7.37. The van der Waals surface area contributed by atoms with E-state index in [9.17, 15) is 4.79 Å². The number of nitrogens with one attached hydrogen (secondary N) is 1. The first-order valence-electron chi connectivity index (χ1n) is 10.6. The molecule has 1 aliphatic rings. The summed E-state index contributed by atoms with van der Waals surface area (Å²) < 4.78 is 17.2. The molecule has 1 unspecified atom stereocenters. The van der Waals surface area contributed by atoms with Crippen molar-refractivity contribution in [3.8, 4) is 17.2 Å². The monoisotopic (exact) mass is 392 g/mol. The van der Waals surface area contributed by atoms with E-state index < -0.39 is 0 Å². The number of hydrogen-bond donors (Lipinski definition) is 1. The summed E-state index contributed by atoms with van der Waals surface area (Å²) in [6.45, 7) is 14.5. The Bertz CT molecular complexity index is 600. The minimum Gasteiger partial charge on any atom is -0.490 e. The summed E-state index contributed by atoms with van der Waals surface area (Å²) in [5, 5.41) is 3.11. The average molecular weight is 393 g/mol. The van der Waals surface area contributed by atoms with Crippen LogP contribution in [-0.2, 0) is 0 Å². The van der Waals surface area contributed by atoms with Crippen LogP contribution in [0.1, 0.15) is 57.8 Å². The lowest BCUT2D eigenvalue weighted by atomic mass is 10.0. The molecule has 6 nitrogen and oxygen atoms in total. The number of ether oxygens (including phenoxy) is 3. The first-order chi connectivity index (χ1) is 13.5. The predicted molar refractivity (Wildman–Crippen MR) is 112 cm³/mol. The Labute approximate surface area is 169 Å². The molecule has 1 atom stereocenters. The molecule has 1 aliphatic heterocycles. The third kappa shape index (κ3) is 5.77. The molecule has 0 saturated carbocycles. The van der Waals surface area contributed by atoms with Crippen LogP contribution in [0.15, 0.2) is 12.1 Å². The molecule has 0 radical (unpaired) electrons. The van der Waals surface area contributed by atoms with Crippen LogP contribution in [0.25, 0.3) is 0 Å². The standard InChI is InChI=1S/C22H36N2O4/c1-6-26-19-13-17(14-20(27-7-2)21(19)28-8-3)22(25)23-15-18(16(4)5)24-11-9-10-12-24/h13-14,16,18H,6-12,15H2,1-5H3,(H,23,25). The predicted octanol–water partition coefficient (Wildman–Crippen LogP) is 3.73.